The fourth-order valence-corrected chi connectivity index (χ4v) is 4.70. The number of Topliss-reactive ketones (excluding diaryl/α,β-unsaturated/α-hetero) is 1. The first-order valence-corrected chi connectivity index (χ1v) is 10.8. The van der Waals surface area contributed by atoms with Crippen LogP contribution in [0.4, 0.5) is 9.52 Å². The number of thiazole rings is 1. The first kappa shape index (κ1) is 23.1. The molecule has 2 aromatic carbocycles. The molecular formula is C24H19FN2O6S. The average molecular weight is 482 g/mol. The zero-order valence-electron chi connectivity index (χ0n) is 18.4. The number of rotatable bonds is 5. The van der Waals surface area contributed by atoms with Crippen molar-refractivity contribution < 1.29 is 33.4 Å². The summed E-state index contributed by atoms with van der Waals surface area (Å²) in [5.74, 6) is -3.01. The Kier molecular flexibility index (Phi) is 6.16. The molecule has 1 amide bonds. The highest BCUT2D eigenvalue weighted by atomic mass is 32.1. The summed E-state index contributed by atoms with van der Waals surface area (Å²) in [5, 5.41) is 11.1. The second kappa shape index (κ2) is 9.06. The normalized spacial score (nSPS) is 17.2. The lowest BCUT2D eigenvalue weighted by Crippen LogP contribution is -2.29. The SMILES string of the molecule is COC(=O)c1sc(N2C(=O)C(=O)/C(=C(/O)c3ccc(F)cc3)[C@@H]2c2cccc(OC)c2)nc1C. The first-order chi connectivity index (χ1) is 16.3. The molecule has 1 aromatic heterocycles. The number of nitrogens with zero attached hydrogens (tertiary/aromatic N) is 2. The molecule has 1 aliphatic heterocycles. The van der Waals surface area contributed by atoms with E-state index in [1.165, 1.54) is 26.4 Å². The highest BCUT2D eigenvalue weighted by Crippen LogP contribution is 2.44. The third kappa shape index (κ3) is 3.92. The second-order valence-electron chi connectivity index (χ2n) is 7.36. The summed E-state index contributed by atoms with van der Waals surface area (Å²) in [7, 11) is 2.70. The monoisotopic (exact) mass is 482 g/mol. The van der Waals surface area contributed by atoms with E-state index in [-0.39, 0.29) is 21.1 Å². The van der Waals surface area contributed by atoms with Crippen LogP contribution in [0, 0.1) is 12.7 Å². The molecule has 1 N–H and O–H groups in total. The standard InChI is InChI=1S/C24H19FN2O6S/c1-12-21(23(31)33-3)34-24(26-12)27-18(14-5-4-6-16(11-14)32-2)17(20(29)22(27)30)19(28)13-7-9-15(25)10-8-13/h4-11,18,28H,1-3H3/b19-17+/t18-/m0/s1. The van der Waals surface area contributed by atoms with Crippen LogP contribution in [0.25, 0.3) is 5.76 Å². The molecule has 0 radical (unpaired) electrons. The van der Waals surface area contributed by atoms with Gasteiger partial charge in [0.05, 0.1) is 31.5 Å². The molecule has 0 aliphatic carbocycles. The number of carbonyl (C=O) groups excluding carboxylic acids is 3. The van der Waals surface area contributed by atoms with E-state index in [1.807, 2.05) is 0 Å². The zero-order valence-corrected chi connectivity index (χ0v) is 19.2. The van der Waals surface area contributed by atoms with Gasteiger partial charge in [0, 0.05) is 5.56 Å². The fraction of sp³-hybridized carbons (Fsp3) is 0.167. The van der Waals surface area contributed by atoms with E-state index in [2.05, 4.69) is 4.98 Å². The van der Waals surface area contributed by atoms with Crippen molar-refractivity contribution in [1.82, 2.24) is 4.98 Å². The third-order valence-electron chi connectivity index (χ3n) is 5.33. The maximum absolute atomic E-state index is 13.4. The van der Waals surface area contributed by atoms with Gasteiger partial charge in [-0.1, -0.05) is 23.5 Å². The molecule has 4 rings (SSSR count). The summed E-state index contributed by atoms with van der Waals surface area (Å²) in [6.07, 6.45) is 0. The summed E-state index contributed by atoms with van der Waals surface area (Å²) in [6, 6.07) is 10.5. The van der Waals surface area contributed by atoms with Crippen LogP contribution >= 0.6 is 11.3 Å². The molecular weight excluding hydrogens is 463 g/mol. The number of hydrogen-bond acceptors (Lipinski definition) is 8. The second-order valence-corrected chi connectivity index (χ2v) is 8.33. The molecule has 1 atom stereocenters. The van der Waals surface area contributed by atoms with Crippen LogP contribution < -0.4 is 9.64 Å². The lowest BCUT2D eigenvalue weighted by molar-refractivity contribution is -0.132. The Bertz CT molecular complexity index is 1330. The maximum atomic E-state index is 13.4. The van der Waals surface area contributed by atoms with Crippen LogP contribution in [0.3, 0.4) is 0 Å². The smallest absolute Gasteiger partial charge is 0.350 e. The van der Waals surface area contributed by atoms with Gasteiger partial charge in [0.2, 0.25) is 0 Å². The molecule has 1 aliphatic rings. The molecule has 0 bridgehead atoms. The van der Waals surface area contributed by atoms with Crippen molar-refractivity contribution in [2.75, 3.05) is 19.1 Å². The molecule has 0 saturated carbocycles. The minimum absolute atomic E-state index is 0.0889. The number of carbonyl (C=O) groups is 3. The predicted molar refractivity (Wildman–Crippen MR) is 122 cm³/mol. The van der Waals surface area contributed by atoms with E-state index >= 15 is 0 Å². The number of esters is 1. The number of amides is 1. The van der Waals surface area contributed by atoms with Crippen molar-refractivity contribution >= 4 is 39.9 Å². The topological polar surface area (TPSA) is 106 Å². The lowest BCUT2D eigenvalue weighted by Gasteiger charge is -2.23. The van der Waals surface area contributed by atoms with Gasteiger partial charge in [0.25, 0.3) is 5.78 Å². The number of ether oxygens (including phenoxy) is 2. The summed E-state index contributed by atoms with van der Waals surface area (Å²) in [4.78, 5) is 44.1. The number of methoxy groups -OCH3 is 2. The molecule has 1 fully saturated rings. The van der Waals surface area contributed by atoms with Crippen LogP contribution in [-0.2, 0) is 14.3 Å². The third-order valence-corrected chi connectivity index (χ3v) is 6.47. The van der Waals surface area contributed by atoms with Crippen LogP contribution in [0.2, 0.25) is 0 Å². The van der Waals surface area contributed by atoms with E-state index in [0.717, 1.165) is 28.4 Å². The van der Waals surface area contributed by atoms with Gasteiger partial charge >= 0.3 is 11.9 Å². The van der Waals surface area contributed by atoms with Crippen molar-refractivity contribution in [2.24, 2.45) is 0 Å². The molecule has 34 heavy (non-hydrogen) atoms. The maximum Gasteiger partial charge on any atom is 0.350 e. The van der Waals surface area contributed by atoms with E-state index in [4.69, 9.17) is 9.47 Å². The number of hydrogen-bond donors (Lipinski definition) is 1. The van der Waals surface area contributed by atoms with Gasteiger partial charge < -0.3 is 14.6 Å². The van der Waals surface area contributed by atoms with Crippen molar-refractivity contribution in [3.05, 3.63) is 81.6 Å². The number of aliphatic hydroxyl groups is 1. The number of halogens is 1. The van der Waals surface area contributed by atoms with Crippen molar-refractivity contribution in [3.8, 4) is 5.75 Å². The number of ketones is 1. The fourth-order valence-electron chi connectivity index (χ4n) is 3.69. The molecule has 0 unspecified atom stereocenters. The van der Waals surface area contributed by atoms with E-state index < -0.39 is 35.3 Å². The quantitative estimate of drug-likeness (QED) is 0.253. The van der Waals surface area contributed by atoms with Gasteiger partial charge in [-0.2, -0.15) is 0 Å². The van der Waals surface area contributed by atoms with Gasteiger partial charge in [-0.3, -0.25) is 14.5 Å². The van der Waals surface area contributed by atoms with Gasteiger partial charge in [-0.15, -0.1) is 0 Å². The largest absolute Gasteiger partial charge is 0.507 e. The van der Waals surface area contributed by atoms with Crippen LogP contribution in [0.5, 0.6) is 5.75 Å². The molecule has 1 saturated heterocycles. The Morgan fingerprint density at radius 1 is 1.15 bits per heavy atom. The van der Waals surface area contributed by atoms with Gasteiger partial charge in [-0.25, -0.2) is 14.2 Å². The number of aromatic nitrogens is 1. The summed E-state index contributed by atoms with van der Waals surface area (Å²) >= 11 is 0.897. The highest BCUT2D eigenvalue weighted by molar-refractivity contribution is 7.17. The van der Waals surface area contributed by atoms with Gasteiger partial charge in [-0.05, 0) is 48.9 Å². The van der Waals surface area contributed by atoms with E-state index in [1.54, 1.807) is 31.2 Å². The Hall–Kier alpha value is -4.05. The number of benzene rings is 2. The Labute approximate surface area is 197 Å². The van der Waals surface area contributed by atoms with Crippen LogP contribution in [0.1, 0.15) is 32.5 Å². The van der Waals surface area contributed by atoms with Gasteiger partial charge in [0.15, 0.2) is 5.13 Å². The minimum Gasteiger partial charge on any atom is -0.507 e. The summed E-state index contributed by atoms with van der Waals surface area (Å²) in [5.41, 5.74) is 0.765. The first-order valence-electron chi connectivity index (χ1n) is 10.0. The van der Waals surface area contributed by atoms with Crippen molar-refractivity contribution in [2.45, 2.75) is 13.0 Å². The predicted octanol–water partition coefficient (Wildman–Crippen LogP) is 4.01. The molecule has 0 spiro atoms. The molecule has 174 valence electrons. The molecule has 3 aromatic rings. The van der Waals surface area contributed by atoms with Crippen LogP contribution in [-0.4, -0.2) is 42.0 Å². The molecule has 10 heteroatoms. The van der Waals surface area contributed by atoms with E-state index in [9.17, 15) is 23.9 Å². The minimum atomic E-state index is -1.07. The van der Waals surface area contributed by atoms with Gasteiger partial charge in [0.1, 0.15) is 22.2 Å². The Morgan fingerprint density at radius 3 is 2.50 bits per heavy atom. The van der Waals surface area contributed by atoms with Crippen molar-refractivity contribution in [1.29, 1.82) is 0 Å². The van der Waals surface area contributed by atoms with E-state index in [0.29, 0.717) is 17.0 Å². The Morgan fingerprint density at radius 2 is 1.85 bits per heavy atom. The Balaban J connectivity index is 1.95. The summed E-state index contributed by atoms with van der Waals surface area (Å²) in [6.45, 7) is 1.59. The highest BCUT2D eigenvalue weighted by Gasteiger charge is 2.48. The van der Waals surface area contributed by atoms with Crippen molar-refractivity contribution in [3.63, 3.8) is 0 Å². The molecule has 8 nitrogen and oxygen atoms in total. The molecule has 2 heterocycles. The lowest BCUT2D eigenvalue weighted by atomic mass is 9.95. The van der Waals surface area contributed by atoms with Crippen LogP contribution in [0.15, 0.2) is 54.1 Å². The number of anilines is 1. The average Bonchev–Trinajstić information content (AvgIpc) is 3.35. The summed E-state index contributed by atoms with van der Waals surface area (Å²) < 4.78 is 23.5. The number of aryl methyl sites for hydroxylation is 1. The number of aliphatic hydroxyl groups excluding tert-OH is 1. The zero-order chi connectivity index (χ0) is 24.6.